The highest BCUT2D eigenvalue weighted by Crippen LogP contribution is 2.26. The maximum Gasteiger partial charge on any atom is 0.142 e. The third kappa shape index (κ3) is 3.16. The summed E-state index contributed by atoms with van der Waals surface area (Å²) in [6.45, 7) is 0.532. The standard InChI is InChI=1S/C15H16FNO2/c1-18-14-6-4-3-5-11(14)10-17-13-9-12(16)7-8-15(13)19-2/h3-9,17H,10H2,1-2H3. The second kappa shape index (κ2) is 6.09. The Morgan fingerprint density at radius 1 is 1.00 bits per heavy atom. The van der Waals surface area contributed by atoms with Gasteiger partial charge in [0.05, 0.1) is 19.9 Å². The summed E-state index contributed by atoms with van der Waals surface area (Å²) in [5, 5.41) is 3.15. The minimum atomic E-state index is -0.302. The van der Waals surface area contributed by atoms with Gasteiger partial charge in [0.1, 0.15) is 17.3 Å². The zero-order chi connectivity index (χ0) is 13.7. The van der Waals surface area contributed by atoms with Crippen molar-refractivity contribution in [3.05, 3.63) is 53.8 Å². The maximum atomic E-state index is 13.2. The summed E-state index contributed by atoms with van der Waals surface area (Å²) in [6, 6.07) is 12.1. The molecule has 2 rings (SSSR count). The Balaban J connectivity index is 2.16. The lowest BCUT2D eigenvalue weighted by atomic mass is 10.2. The predicted octanol–water partition coefficient (Wildman–Crippen LogP) is 3.46. The van der Waals surface area contributed by atoms with Crippen LogP contribution in [0.25, 0.3) is 0 Å². The first-order valence-corrected chi connectivity index (χ1v) is 5.94. The van der Waals surface area contributed by atoms with Gasteiger partial charge < -0.3 is 14.8 Å². The molecule has 0 saturated heterocycles. The Bertz CT molecular complexity index is 558. The molecule has 0 aliphatic rings. The van der Waals surface area contributed by atoms with Crippen LogP contribution in [0, 0.1) is 5.82 Å². The van der Waals surface area contributed by atoms with Crippen LogP contribution < -0.4 is 14.8 Å². The van der Waals surface area contributed by atoms with E-state index in [1.54, 1.807) is 20.3 Å². The molecule has 19 heavy (non-hydrogen) atoms. The first-order chi connectivity index (χ1) is 9.24. The minimum Gasteiger partial charge on any atom is -0.496 e. The number of halogens is 1. The van der Waals surface area contributed by atoms with Crippen LogP contribution in [0.1, 0.15) is 5.56 Å². The first kappa shape index (κ1) is 13.2. The number of anilines is 1. The van der Waals surface area contributed by atoms with E-state index in [-0.39, 0.29) is 5.82 Å². The van der Waals surface area contributed by atoms with Gasteiger partial charge in [0.25, 0.3) is 0 Å². The van der Waals surface area contributed by atoms with Gasteiger partial charge >= 0.3 is 0 Å². The van der Waals surface area contributed by atoms with Crippen molar-refractivity contribution in [1.82, 2.24) is 0 Å². The van der Waals surface area contributed by atoms with Gasteiger partial charge in [-0.1, -0.05) is 18.2 Å². The molecule has 0 aliphatic carbocycles. The molecule has 0 unspecified atom stereocenters. The summed E-state index contributed by atoms with van der Waals surface area (Å²) in [6.07, 6.45) is 0. The van der Waals surface area contributed by atoms with Crippen molar-refractivity contribution in [2.45, 2.75) is 6.54 Å². The number of rotatable bonds is 5. The lowest BCUT2D eigenvalue weighted by molar-refractivity contribution is 0.409. The second-order valence-electron chi connectivity index (χ2n) is 4.01. The number of ether oxygens (including phenoxy) is 2. The fraction of sp³-hybridized carbons (Fsp3) is 0.200. The van der Waals surface area contributed by atoms with Crippen molar-refractivity contribution in [1.29, 1.82) is 0 Å². The van der Waals surface area contributed by atoms with Gasteiger partial charge in [-0.3, -0.25) is 0 Å². The molecule has 2 aromatic carbocycles. The van der Waals surface area contributed by atoms with E-state index < -0.39 is 0 Å². The summed E-state index contributed by atoms with van der Waals surface area (Å²) in [7, 11) is 3.18. The van der Waals surface area contributed by atoms with Crippen LogP contribution >= 0.6 is 0 Å². The third-order valence-electron chi connectivity index (χ3n) is 2.82. The van der Waals surface area contributed by atoms with Gasteiger partial charge in [0, 0.05) is 18.2 Å². The van der Waals surface area contributed by atoms with Gasteiger partial charge in [-0.2, -0.15) is 0 Å². The summed E-state index contributed by atoms with van der Waals surface area (Å²) in [4.78, 5) is 0. The molecular weight excluding hydrogens is 245 g/mol. The molecule has 0 radical (unpaired) electrons. The van der Waals surface area contributed by atoms with Crippen molar-refractivity contribution < 1.29 is 13.9 Å². The van der Waals surface area contributed by atoms with Crippen LogP contribution in [0.2, 0.25) is 0 Å². The predicted molar refractivity (Wildman–Crippen MR) is 73.3 cm³/mol. The smallest absolute Gasteiger partial charge is 0.142 e. The third-order valence-corrected chi connectivity index (χ3v) is 2.82. The molecular formula is C15H16FNO2. The Kier molecular flexibility index (Phi) is 4.23. The monoisotopic (exact) mass is 261 g/mol. The molecule has 0 aliphatic heterocycles. The fourth-order valence-corrected chi connectivity index (χ4v) is 1.86. The van der Waals surface area contributed by atoms with Crippen LogP contribution in [0.4, 0.5) is 10.1 Å². The van der Waals surface area contributed by atoms with E-state index in [9.17, 15) is 4.39 Å². The van der Waals surface area contributed by atoms with Crippen LogP contribution in [0.15, 0.2) is 42.5 Å². The van der Waals surface area contributed by atoms with Crippen molar-refractivity contribution in [2.75, 3.05) is 19.5 Å². The minimum absolute atomic E-state index is 0.302. The topological polar surface area (TPSA) is 30.5 Å². The SMILES string of the molecule is COc1ccccc1CNc1cc(F)ccc1OC. The van der Waals surface area contributed by atoms with E-state index in [1.165, 1.54) is 12.1 Å². The fourth-order valence-electron chi connectivity index (χ4n) is 1.86. The average molecular weight is 261 g/mol. The van der Waals surface area contributed by atoms with E-state index in [1.807, 2.05) is 24.3 Å². The largest absolute Gasteiger partial charge is 0.496 e. The Morgan fingerprint density at radius 2 is 1.74 bits per heavy atom. The van der Waals surface area contributed by atoms with E-state index in [2.05, 4.69) is 5.32 Å². The van der Waals surface area contributed by atoms with Crippen molar-refractivity contribution in [2.24, 2.45) is 0 Å². The zero-order valence-electron chi connectivity index (χ0n) is 10.9. The summed E-state index contributed by atoms with van der Waals surface area (Å²) in [5.41, 5.74) is 1.62. The van der Waals surface area contributed by atoms with Crippen molar-refractivity contribution in [3.8, 4) is 11.5 Å². The Labute approximate surface area is 112 Å². The molecule has 0 amide bonds. The van der Waals surface area contributed by atoms with Crippen LogP contribution in [-0.2, 0) is 6.54 Å². The second-order valence-corrected chi connectivity index (χ2v) is 4.01. The first-order valence-electron chi connectivity index (χ1n) is 5.94. The molecule has 0 saturated carbocycles. The summed E-state index contributed by atoms with van der Waals surface area (Å²) in [5.74, 6) is 1.10. The molecule has 0 spiro atoms. The van der Waals surface area contributed by atoms with Crippen LogP contribution in [0.5, 0.6) is 11.5 Å². The van der Waals surface area contributed by atoms with E-state index >= 15 is 0 Å². The molecule has 0 atom stereocenters. The van der Waals surface area contributed by atoms with E-state index in [0.717, 1.165) is 11.3 Å². The number of hydrogen-bond donors (Lipinski definition) is 1. The van der Waals surface area contributed by atoms with Gasteiger partial charge in [0.2, 0.25) is 0 Å². The van der Waals surface area contributed by atoms with Crippen LogP contribution in [-0.4, -0.2) is 14.2 Å². The van der Waals surface area contributed by atoms with Crippen molar-refractivity contribution >= 4 is 5.69 Å². The quantitative estimate of drug-likeness (QED) is 0.894. The van der Waals surface area contributed by atoms with Gasteiger partial charge in [0.15, 0.2) is 0 Å². The molecule has 0 bridgehead atoms. The lowest BCUT2D eigenvalue weighted by Gasteiger charge is -2.13. The highest BCUT2D eigenvalue weighted by atomic mass is 19.1. The van der Waals surface area contributed by atoms with E-state index in [4.69, 9.17) is 9.47 Å². The molecule has 0 fully saturated rings. The van der Waals surface area contributed by atoms with Gasteiger partial charge in [-0.05, 0) is 18.2 Å². The number of methoxy groups -OCH3 is 2. The number of hydrogen-bond acceptors (Lipinski definition) is 3. The van der Waals surface area contributed by atoms with Gasteiger partial charge in [-0.15, -0.1) is 0 Å². The molecule has 2 aromatic rings. The highest BCUT2D eigenvalue weighted by Gasteiger charge is 2.06. The normalized spacial score (nSPS) is 10.1. The molecule has 3 nitrogen and oxygen atoms in total. The molecule has 0 heterocycles. The number of nitrogens with one attached hydrogen (secondary N) is 1. The van der Waals surface area contributed by atoms with Gasteiger partial charge in [-0.25, -0.2) is 4.39 Å². The maximum absolute atomic E-state index is 13.2. The number of benzene rings is 2. The molecule has 4 heteroatoms. The Morgan fingerprint density at radius 3 is 2.47 bits per heavy atom. The van der Waals surface area contributed by atoms with Crippen LogP contribution in [0.3, 0.4) is 0 Å². The van der Waals surface area contributed by atoms with Crippen molar-refractivity contribution in [3.63, 3.8) is 0 Å². The average Bonchev–Trinajstić information content (AvgIpc) is 2.45. The molecule has 100 valence electrons. The molecule has 0 aromatic heterocycles. The lowest BCUT2D eigenvalue weighted by Crippen LogP contribution is -2.03. The Hall–Kier alpha value is -2.23. The zero-order valence-corrected chi connectivity index (χ0v) is 10.9. The summed E-state index contributed by atoms with van der Waals surface area (Å²) >= 11 is 0. The molecule has 1 N–H and O–H groups in total. The highest BCUT2D eigenvalue weighted by molar-refractivity contribution is 5.57. The number of para-hydroxylation sites is 1. The summed E-state index contributed by atoms with van der Waals surface area (Å²) < 4.78 is 23.7. The van der Waals surface area contributed by atoms with E-state index in [0.29, 0.717) is 18.0 Å².